The van der Waals surface area contributed by atoms with Crippen LogP contribution >= 0.6 is 0 Å². The predicted octanol–water partition coefficient (Wildman–Crippen LogP) is 2.97. The molecule has 0 saturated heterocycles. The van der Waals surface area contributed by atoms with Crippen LogP contribution in [0.25, 0.3) is 0 Å². The van der Waals surface area contributed by atoms with Gasteiger partial charge in [0.25, 0.3) is 0 Å². The van der Waals surface area contributed by atoms with Crippen molar-refractivity contribution in [1.29, 1.82) is 0 Å². The van der Waals surface area contributed by atoms with E-state index in [4.69, 9.17) is 0 Å². The first kappa shape index (κ1) is 10.0. The Morgan fingerprint density at radius 2 is 1.58 bits per heavy atom. The zero-order valence-electron chi connectivity index (χ0n) is 8.85. The van der Waals surface area contributed by atoms with Gasteiger partial charge in [0.1, 0.15) is 0 Å². The first-order valence-electron chi connectivity index (χ1n) is 5.04. The summed E-state index contributed by atoms with van der Waals surface area (Å²) in [6, 6.07) is 0. The zero-order valence-corrected chi connectivity index (χ0v) is 8.85. The molecular formula is C11H22O. The Hall–Kier alpha value is -0.0400. The van der Waals surface area contributed by atoms with Gasteiger partial charge in [-0.05, 0) is 50.9 Å². The van der Waals surface area contributed by atoms with E-state index in [1.165, 1.54) is 25.7 Å². The summed E-state index contributed by atoms with van der Waals surface area (Å²) < 4.78 is 0. The van der Waals surface area contributed by atoms with Crippen molar-refractivity contribution in [1.82, 2.24) is 0 Å². The van der Waals surface area contributed by atoms with Gasteiger partial charge in [-0.1, -0.05) is 13.8 Å². The fourth-order valence-electron chi connectivity index (χ4n) is 2.11. The summed E-state index contributed by atoms with van der Waals surface area (Å²) >= 11 is 0. The summed E-state index contributed by atoms with van der Waals surface area (Å²) in [6.45, 7) is 8.53. The molecule has 12 heavy (non-hydrogen) atoms. The Kier molecular flexibility index (Phi) is 2.53. The van der Waals surface area contributed by atoms with Crippen LogP contribution in [0.2, 0.25) is 0 Å². The monoisotopic (exact) mass is 170 g/mol. The minimum Gasteiger partial charge on any atom is -0.390 e. The molecule has 1 heteroatoms. The smallest absolute Gasteiger partial charge is 0.0619 e. The van der Waals surface area contributed by atoms with Gasteiger partial charge in [-0.25, -0.2) is 0 Å². The maximum absolute atomic E-state index is 9.81. The lowest BCUT2D eigenvalue weighted by atomic mass is 9.69. The molecule has 0 unspecified atom stereocenters. The van der Waals surface area contributed by atoms with Gasteiger partial charge in [0.2, 0.25) is 0 Å². The number of hydrogen-bond donors (Lipinski definition) is 1. The van der Waals surface area contributed by atoms with Crippen molar-refractivity contribution in [3.63, 3.8) is 0 Å². The fraction of sp³-hybridized carbons (Fsp3) is 1.00. The molecule has 1 aliphatic carbocycles. The lowest BCUT2D eigenvalue weighted by Crippen LogP contribution is -2.35. The highest BCUT2D eigenvalue weighted by Gasteiger charge is 2.34. The van der Waals surface area contributed by atoms with E-state index in [1.54, 1.807) is 0 Å². The second kappa shape index (κ2) is 3.02. The van der Waals surface area contributed by atoms with Crippen molar-refractivity contribution >= 4 is 0 Å². The van der Waals surface area contributed by atoms with Crippen LogP contribution in [0.1, 0.15) is 53.4 Å². The average Bonchev–Trinajstić information content (AvgIpc) is 1.83. The van der Waals surface area contributed by atoms with Gasteiger partial charge >= 0.3 is 0 Å². The van der Waals surface area contributed by atoms with E-state index < -0.39 is 5.60 Å². The van der Waals surface area contributed by atoms with Crippen LogP contribution in [0, 0.1) is 11.3 Å². The molecular weight excluding hydrogens is 148 g/mol. The molecule has 0 aromatic carbocycles. The van der Waals surface area contributed by atoms with Gasteiger partial charge in [0.15, 0.2) is 0 Å². The van der Waals surface area contributed by atoms with E-state index in [1.807, 2.05) is 13.8 Å². The van der Waals surface area contributed by atoms with Crippen LogP contribution in [0.4, 0.5) is 0 Å². The van der Waals surface area contributed by atoms with Crippen LogP contribution in [-0.2, 0) is 0 Å². The number of hydrogen-bond acceptors (Lipinski definition) is 1. The third-order valence-corrected chi connectivity index (χ3v) is 3.34. The lowest BCUT2D eigenvalue weighted by Gasteiger charge is -2.39. The SMILES string of the molecule is CC1(C)CCC(C(C)(C)O)CC1. The average molecular weight is 170 g/mol. The zero-order chi connectivity index (χ0) is 9.41. The van der Waals surface area contributed by atoms with Gasteiger partial charge < -0.3 is 5.11 Å². The van der Waals surface area contributed by atoms with Crippen molar-refractivity contribution < 1.29 is 5.11 Å². The summed E-state index contributed by atoms with van der Waals surface area (Å²) in [5.41, 5.74) is 0.0538. The molecule has 1 fully saturated rings. The minimum atomic E-state index is -0.462. The van der Waals surface area contributed by atoms with E-state index in [0.717, 1.165) is 0 Å². The molecule has 1 aliphatic rings. The lowest BCUT2D eigenvalue weighted by molar-refractivity contribution is -0.0148. The largest absolute Gasteiger partial charge is 0.390 e. The van der Waals surface area contributed by atoms with Crippen LogP contribution < -0.4 is 0 Å². The van der Waals surface area contributed by atoms with Crippen LogP contribution in [0.5, 0.6) is 0 Å². The van der Waals surface area contributed by atoms with Crippen molar-refractivity contribution in [3.8, 4) is 0 Å². The van der Waals surface area contributed by atoms with Crippen molar-refractivity contribution in [3.05, 3.63) is 0 Å². The highest BCUT2D eigenvalue weighted by atomic mass is 16.3. The molecule has 0 atom stereocenters. The molecule has 1 saturated carbocycles. The maximum Gasteiger partial charge on any atom is 0.0619 e. The van der Waals surface area contributed by atoms with E-state index in [-0.39, 0.29) is 0 Å². The van der Waals surface area contributed by atoms with Crippen molar-refractivity contribution in [2.24, 2.45) is 11.3 Å². The summed E-state index contributed by atoms with van der Waals surface area (Å²) in [5.74, 6) is 0.519. The maximum atomic E-state index is 9.81. The van der Waals surface area contributed by atoms with Crippen LogP contribution in [-0.4, -0.2) is 10.7 Å². The first-order valence-corrected chi connectivity index (χ1v) is 5.04. The highest BCUT2D eigenvalue weighted by molar-refractivity contribution is 4.85. The standard InChI is InChI=1S/C11H22O/c1-10(2)7-5-9(6-8-10)11(3,4)12/h9,12H,5-8H2,1-4H3. The van der Waals surface area contributed by atoms with E-state index >= 15 is 0 Å². The fourth-order valence-corrected chi connectivity index (χ4v) is 2.11. The Morgan fingerprint density at radius 3 is 1.92 bits per heavy atom. The topological polar surface area (TPSA) is 20.2 Å². The predicted molar refractivity (Wildman–Crippen MR) is 52.0 cm³/mol. The van der Waals surface area contributed by atoms with Gasteiger partial charge in [-0.15, -0.1) is 0 Å². The van der Waals surface area contributed by atoms with Gasteiger partial charge in [0, 0.05) is 0 Å². The first-order chi connectivity index (χ1) is 5.31. The van der Waals surface area contributed by atoms with Crippen molar-refractivity contribution in [2.75, 3.05) is 0 Å². The Bertz CT molecular complexity index is 143. The molecule has 0 aliphatic heterocycles. The van der Waals surface area contributed by atoms with Gasteiger partial charge in [-0.2, -0.15) is 0 Å². The summed E-state index contributed by atoms with van der Waals surface area (Å²) in [7, 11) is 0. The van der Waals surface area contributed by atoms with Gasteiger partial charge in [-0.3, -0.25) is 0 Å². The molecule has 0 aromatic heterocycles. The highest BCUT2D eigenvalue weighted by Crippen LogP contribution is 2.41. The van der Waals surface area contributed by atoms with E-state index in [9.17, 15) is 5.11 Å². The number of aliphatic hydroxyl groups is 1. The molecule has 0 amide bonds. The van der Waals surface area contributed by atoms with Gasteiger partial charge in [0.05, 0.1) is 5.60 Å². The van der Waals surface area contributed by atoms with Crippen LogP contribution in [0.15, 0.2) is 0 Å². The Morgan fingerprint density at radius 1 is 1.17 bits per heavy atom. The molecule has 0 heterocycles. The molecule has 0 radical (unpaired) electrons. The summed E-state index contributed by atoms with van der Waals surface area (Å²) in [4.78, 5) is 0. The van der Waals surface area contributed by atoms with E-state index in [2.05, 4.69) is 13.8 Å². The normalized spacial score (nSPS) is 25.8. The van der Waals surface area contributed by atoms with E-state index in [0.29, 0.717) is 11.3 Å². The second-order valence-corrected chi connectivity index (χ2v) is 5.59. The van der Waals surface area contributed by atoms with Crippen molar-refractivity contribution in [2.45, 2.75) is 59.0 Å². The third-order valence-electron chi connectivity index (χ3n) is 3.34. The molecule has 0 bridgehead atoms. The summed E-state index contributed by atoms with van der Waals surface area (Å²) in [5, 5.41) is 9.81. The molecule has 72 valence electrons. The Labute approximate surface area is 76.2 Å². The Balaban J connectivity index is 2.47. The molecule has 1 N–H and O–H groups in total. The van der Waals surface area contributed by atoms with Crippen LogP contribution in [0.3, 0.4) is 0 Å². The second-order valence-electron chi connectivity index (χ2n) is 5.59. The minimum absolute atomic E-state index is 0.462. The molecule has 0 aromatic rings. The molecule has 1 nitrogen and oxygen atoms in total. The summed E-state index contributed by atoms with van der Waals surface area (Å²) in [6.07, 6.45) is 4.91. The number of rotatable bonds is 1. The third kappa shape index (κ3) is 2.48. The molecule has 1 rings (SSSR count). The quantitative estimate of drug-likeness (QED) is 0.641. The molecule has 0 spiro atoms.